The highest BCUT2D eigenvalue weighted by Gasteiger charge is 2.39. The van der Waals surface area contributed by atoms with Gasteiger partial charge in [0.2, 0.25) is 5.91 Å². The Morgan fingerprint density at radius 1 is 1.17 bits per heavy atom. The summed E-state index contributed by atoms with van der Waals surface area (Å²) in [6, 6.07) is 12.8. The average molecular weight is 396 g/mol. The Balaban J connectivity index is 1.45. The molecule has 7 nitrogen and oxygen atoms in total. The maximum Gasteiger partial charge on any atom is 0.251 e. The third kappa shape index (κ3) is 3.71. The number of nitrogens with zero attached hydrogens (tertiary/aromatic N) is 1. The Bertz CT molecular complexity index is 919. The van der Waals surface area contributed by atoms with E-state index < -0.39 is 5.79 Å². The molecule has 2 aromatic carbocycles. The molecule has 1 saturated heterocycles. The molecule has 29 heavy (non-hydrogen) atoms. The fourth-order valence-electron chi connectivity index (χ4n) is 3.80. The Kier molecular flexibility index (Phi) is 5.25. The van der Waals surface area contributed by atoms with E-state index in [1.54, 1.807) is 43.3 Å². The van der Waals surface area contributed by atoms with E-state index in [2.05, 4.69) is 5.32 Å². The second-order valence-corrected chi connectivity index (χ2v) is 7.16. The van der Waals surface area contributed by atoms with Crippen LogP contribution in [0.4, 0.5) is 5.69 Å². The summed E-state index contributed by atoms with van der Waals surface area (Å²) in [5, 5.41) is 2.92. The molecule has 7 heteroatoms. The number of carbonyl (C=O) groups excluding carboxylic acids is 2. The van der Waals surface area contributed by atoms with Gasteiger partial charge in [-0.2, -0.15) is 0 Å². The Morgan fingerprint density at radius 2 is 1.90 bits per heavy atom. The van der Waals surface area contributed by atoms with Crippen molar-refractivity contribution in [2.75, 3.05) is 38.8 Å². The maximum atomic E-state index is 12.4. The SMILES string of the molecule is COc1ccc(C(=O)NCCC2(c3ccc4c(c3)CC(=O)N4C)OCCO2)cc1. The monoisotopic (exact) mass is 396 g/mol. The van der Waals surface area contributed by atoms with Crippen molar-refractivity contribution < 1.29 is 23.8 Å². The van der Waals surface area contributed by atoms with Crippen LogP contribution in [0, 0.1) is 0 Å². The normalized spacial score (nSPS) is 17.3. The number of anilines is 1. The zero-order chi connectivity index (χ0) is 20.4. The van der Waals surface area contributed by atoms with Gasteiger partial charge in [0.1, 0.15) is 5.75 Å². The van der Waals surface area contributed by atoms with Crippen LogP contribution in [0.25, 0.3) is 0 Å². The number of benzene rings is 2. The number of hydrogen-bond acceptors (Lipinski definition) is 5. The van der Waals surface area contributed by atoms with Gasteiger partial charge in [0.05, 0.1) is 26.7 Å². The molecule has 2 aromatic rings. The van der Waals surface area contributed by atoms with Crippen LogP contribution >= 0.6 is 0 Å². The zero-order valence-electron chi connectivity index (χ0n) is 16.6. The number of likely N-dealkylation sites (N-methyl/N-ethyl adjacent to an activating group) is 1. The predicted octanol–water partition coefficient (Wildman–Crippen LogP) is 2.23. The van der Waals surface area contributed by atoms with Crippen molar-refractivity contribution in [3.8, 4) is 5.75 Å². The van der Waals surface area contributed by atoms with Crippen molar-refractivity contribution in [1.29, 1.82) is 0 Å². The third-order valence-electron chi connectivity index (χ3n) is 5.44. The summed E-state index contributed by atoms with van der Waals surface area (Å²) < 4.78 is 17.1. The number of carbonyl (C=O) groups is 2. The van der Waals surface area contributed by atoms with Crippen molar-refractivity contribution in [3.05, 3.63) is 59.2 Å². The van der Waals surface area contributed by atoms with Gasteiger partial charge in [-0.3, -0.25) is 9.59 Å². The first kappa shape index (κ1) is 19.4. The van der Waals surface area contributed by atoms with E-state index in [1.807, 2.05) is 18.2 Å². The van der Waals surface area contributed by atoms with E-state index in [0.29, 0.717) is 43.9 Å². The highest BCUT2D eigenvalue weighted by molar-refractivity contribution is 6.01. The minimum absolute atomic E-state index is 0.0752. The van der Waals surface area contributed by atoms with Gasteiger partial charge in [0.25, 0.3) is 5.91 Å². The first-order valence-corrected chi connectivity index (χ1v) is 9.62. The van der Waals surface area contributed by atoms with Crippen molar-refractivity contribution in [2.45, 2.75) is 18.6 Å². The van der Waals surface area contributed by atoms with Crippen molar-refractivity contribution in [1.82, 2.24) is 5.32 Å². The molecule has 0 atom stereocenters. The van der Waals surface area contributed by atoms with Crippen LogP contribution < -0.4 is 15.0 Å². The number of hydrogen-bond donors (Lipinski definition) is 1. The van der Waals surface area contributed by atoms with Crippen LogP contribution in [0.1, 0.15) is 27.9 Å². The molecule has 0 aromatic heterocycles. The summed E-state index contributed by atoms with van der Waals surface area (Å²) in [5.41, 5.74) is 3.32. The molecular weight excluding hydrogens is 372 g/mol. The van der Waals surface area contributed by atoms with Crippen LogP contribution in [0.15, 0.2) is 42.5 Å². The molecule has 1 N–H and O–H groups in total. The van der Waals surface area contributed by atoms with E-state index in [4.69, 9.17) is 14.2 Å². The van der Waals surface area contributed by atoms with E-state index in [9.17, 15) is 9.59 Å². The first-order chi connectivity index (χ1) is 14.0. The fourth-order valence-corrected chi connectivity index (χ4v) is 3.80. The minimum atomic E-state index is -0.910. The highest BCUT2D eigenvalue weighted by Crippen LogP contribution is 2.38. The van der Waals surface area contributed by atoms with Crippen LogP contribution in [-0.2, 0) is 26.5 Å². The summed E-state index contributed by atoms with van der Waals surface area (Å²) in [6.45, 7) is 1.37. The van der Waals surface area contributed by atoms with Crippen molar-refractivity contribution in [3.63, 3.8) is 0 Å². The van der Waals surface area contributed by atoms with Gasteiger partial charge in [-0.15, -0.1) is 0 Å². The van der Waals surface area contributed by atoms with Crippen LogP contribution in [-0.4, -0.2) is 45.7 Å². The largest absolute Gasteiger partial charge is 0.497 e. The fraction of sp³-hybridized carbons (Fsp3) is 0.364. The average Bonchev–Trinajstić information content (AvgIpc) is 3.33. The van der Waals surface area contributed by atoms with Crippen molar-refractivity contribution in [2.24, 2.45) is 0 Å². The molecule has 0 spiro atoms. The molecule has 2 heterocycles. The Hall–Kier alpha value is -2.90. The lowest BCUT2D eigenvalue weighted by molar-refractivity contribution is -0.169. The molecule has 0 unspecified atom stereocenters. The highest BCUT2D eigenvalue weighted by atomic mass is 16.7. The number of amides is 2. The summed E-state index contributed by atoms with van der Waals surface area (Å²) in [6.07, 6.45) is 0.849. The topological polar surface area (TPSA) is 77.1 Å². The molecule has 0 radical (unpaired) electrons. The summed E-state index contributed by atoms with van der Waals surface area (Å²) in [7, 11) is 3.36. The third-order valence-corrected chi connectivity index (χ3v) is 5.44. The van der Waals surface area contributed by atoms with Gasteiger partial charge in [0, 0.05) is 36.8 Å². The zero-order valence-corrected chi connectivity index (χ0v) is 16.6. The first-order valence-electron chi connectivity index (χ1n) is 9.62. The molecule has 1 fully saturated rings. The van der Waals surface area contributed by atoms with Gasteiger partial charge in [-0.25, -0.2) is 0 Å². The van der Waals surface area contributed by atoms with Gasteiger partial charge >= 0.3 is 0 Å². The number of fused-ring (bicyclic) bond motifs is 1. The van der Waals surface area contributed by atoms with E-state index in [-0.39, 0.29) is 11.8 Å². The van der Waals surface area contributed by atoms with E-state index in [0.717, 1.165) is 16.8 Å². The maximum absolute atomic E-state index is 12.4. The van der Waals surface area contributed by atoms with Gasteiger partial charge in [0.15, 0.2) is 5.79 Å². The second-order valence-electron chi connectivity index (χ2n) is 7.16. The summed E-state index contributed by atoms with van der Waals surface area (Å²) >= 11 is 0. The number of ether oxygens (including phenoxy) is 3. The van der Waals surface area contributed by atoms with Gasteiger partial charge in [-0.1, -0.05) is 6.07 Å². The number of rotatable bonds is 6. The summed E-state index contributed by atoms with van der Waals surface area (Å²) in [4.78, 5) is 26.0. The molecule has 0 aliphatic carbocycles. The lowest BCUT2D eigenvalue weighted by Crippen LogP contribution is -2.34. The minimum Gasteiger partial charge on any atom is -0.497 e. The molecule has 0 saturated carbocycles. The quantitative estimate of drug-likeness (QED) is 0.810. The predicted molar refractivity (Wildman–Crippen MR) is 107 cm³/mol. The number of nitrogens with one attached hydrogen (secondary N) is 1. The molecule has 4 rings (SSSR count). The van der Waals surface area contributed by atoms with Gasteiger partial charge < -0.3 is 24.4 Å². The van der Waals surface area contributed by atoms with Crippen LogP contribution in [0.5, 0.6) is 5.75 Å². The van der Waals surface area contributed by atoms with E-state index >= 15 is 0 Å². The Morgan fingerprint density at radius 3 is 2.59 bits per heavy atom. The molecular formula is C22H24N2O5. The second kappa shape index (κ2) is 7.85. The molecule has 152 valence electrons. The molecule has 0 bridgehead atoms. The van der Waals surface area contributed by atoms with Crippen molar-refractivity contribution >= 4 is 17.5 Å². The van der Waals surface area contributed by atoms with Gasteiger partial charge in [-0.05, 0) is 42.0 Å². The standard InChI is InChI=1S/C22H24N2O5/c1-24-19-8-5-17(13-16(19)14-20(24)25)22(28-11-12-29-22)9-10-23-21(26)15-3-6-18(27-2)7-4-15/h3-8,13H,9-12,14H2,1-2H3,(H,23,26). The lowest BCUT2D eigenvalue weighted by atomic mass is 9.98. The van der Waals surface area contributed by atoms with E-state index in [1.165, 1.54) is 0 Å². The smallest absolute Gasteiger partial charge is 0.251 e. The van der Waals surface area contributed by atoms with Crippen LogP contribution in [0.2, 0.25) is 0 Å². The Labute approximate surface area is 169 Å². The van der Waals surface area contributed by atoms with Crippen LogP contribution in [0.3, 0.4) is 0 Å². The molecule has 2 amide bonds. The molecule has 2 aliphatic heterocycles. The number of methoxy groups -OCH3 is 1. The lowest BCUT2D eigenvalue weighted by Gasteiger charge is -2.28. The molecule has 2 aliphatic rings. The summed E-state index contributed by atoms with van der Waals surface area (Å²) in [5.74, 6) is -0.297.